The van der Waals surface area contributed by atoms with Crippen molar-refractivity contribution >= 4 is 28.4 Å². The minimum Gasteiger partial charge on any atom is -0.506 e. The number of aromatic hydroxyl groups is 1. The van der Waals surface area contributed by atoms with E-state index in [0.29, 0.717) is 17.2 Å². The Bertz CT molecular complexity index is 1150. The van der Waals surface area contributed by atoms with Gasteiger partial charge in [-0.05, 0) is 18.2 Å². The first kappa shape index (κ1) is 16.4. The van der Waals surface area contributed by atoms with Gasteiger partial charge in [-0.1, -0.05) is 0 Å². The summed E-state index contributed by atoms with van der Waals surface area (Å²) in [6.45, 7) is 0.102. The Morgan fingerprint density at radius 3 is 2.37 bits per heavy atom. The van der Waals surface area contributed by atoms with Crippen LogP contribution in [0.2, 0.25) is 0 Å². The zero-order valence-electron chi connectivity index (χ0n) is 13.5. The van der Waals surface area contributed by atoms with Gasteiger partial charge in [-0.3, -0.25) is 19.7 Å². The fraction of sp³-hybridized carbons (Fsp3) is 0.0588. The average molecular weight is 369 g/mol. The van der Waals surface area contributed by atoms with Gasteiger partial charge in [-0.2, -0.15) is 0 Å². The third-order valence-electron chi connectivity index (χ3n) is 4.00. The fourth-order valence-corrected chi connectivity index (χ4v) is 2.62. The van der Waals surface area contributed by atoms with Gasteiger partial charge >= 0.3 is 0 Å². The van der Waals surface area contributed by atoms with Crippen molar-refractivity contribution in [2.24, 2.45) is 0 Å². The molecule has 0 aromatic heterocycles. The van der Waals surface area contributed by atoms with E-state index in [9.17, 15) is 24.8 Å². The molecule has 27 heavy (non-hydrogen) atoms. The van der Waals surface area contributed by atoms with Crippen LogP contribution in [0.1, 0.15) is 0 Å². The topological polar surface area (TPSA) is 140 Å². The molecule has 10 nitrogen and oxygen atoms in total. The largest absolute Gasteiger partial charge is 0.506 e. The molecule has 4 rings (SSSR count). The summed E-state index contributed by atoms with van der Waals surface area (Å²) in [4.78, 5) is 33.9. The molecule has 1 heterocycles. The predicted octanol–water partition coefficient (Wildman–Crippen LogP) is 2.11. The number of non-ortho nitro benzene ring substituents is 1. The van der Waals surface area contributed by atoms with E-state index in [1.165, 1.54) is 12.1 Å². The lowest BCUT2D eigenvalue weighted by atomic mass is 10.1. The number of benzene rings is 2. The van der Waals surface area contributed by atoms with E-state index in [1.807, 2.05) is 0 Å². The maximum atomic E-state index is 11.9. The molecule has 0 amide bonds. The first-order valence-electron chi connectivity index (χ1n) is 7.68. The fourth-order valence-electron chi connectivity index (χ4n) is 2.62. The smallest absolute Gasteiger partial charge is 0.273 e. The predicted molar refractivity (Wildman–Crippen MR) is 95.2 cm³/mol. The molecule has 3 aromatic rings. The van der Waals surface area contributed by atoms with E-state index in [4.69, 9.17) is 9.47 Å². The number of nitrogens with one attached hydrogen (secondary N) is 2. The zero-order chi connectivity index (χ0) is 19.1. The van der Waals surface area contributed by atoms with Crippen molar-refractivity contribution in [2.45, 2.75) is 0 Å². The molecule has 0 unspecified atom stereocenters. The van der Waals surface area contributed by atoms with Crippen molar-refractivity contribution in [2.75, 3.05) is 17.4 Å². The van der Waals surface area contributed by atoms with Crippen LogP contribution in [0.3, 0.4) is 0 Å². The van der Waals surface area contributed by atoms with Crippen LogP contribution in [-0.4, -0.2) is 16.8 Å². The van der Waals surface area contributed by atoms with Crippen LogP contribution in [0.15, 0.2) is 46.0 Å². The van der Waals surface area contributed by atoms with E-state index < -0.39 is 21.5 Å². The van der Waals surface area contributed by atoms with E-state index >= 15 is 0 Å². The average Bonchev–Trinajstić information content (AvgIpc) is 3.12. The Morgan fingerprint density at radius 2 is 1.67 bits per heavy atom. The molecule has 0 saturated carbocycles. The molecule has 10 heteroatoms. The summed E-state index contributed by atoms with van der Waals surface area (Å²) in [5.41, 5.74) is -1.28. The van der Waals surface area contributed by atoms with Gasteiger partial charge in [-0.25, -0.2) is 0 Å². The molecular formula is C17H11N3O7. The summed E-state index contributed by atoms with van der Waals surface area (Å²) < 4.78 is 10.5. The number of nitro benzene ring substituents is 1. The molecule has 3 N–H and O–H groups in total. The maximum absolute atomic E-state index is 11.9. The van der Waals surface area contributed by atoms with E-state index in [0.717, 1.165) is 6.07 Å². The van der Waals surface area contributed by atoms with Crippen molar-refractivity contribution in [1.82, 2.24) is 0 Å². The molecule has 0 saturated heterocycles. The highest BCUT2D eigenvalue weighted by atomic mass is 16.7. The summed E-state index contributed by atoms with van der Waals surface area (Å²) in [6, 6.07) is 8.28. The first-order valence-corrected chi connectivity index (χ1v) is 7.68. The first-order chi connectivity index (χ1) is 12.9. The lowest BCUT2D eigenvalue weighted by Crippen LogP contribution is -2.35. The van der Waals surface area contributed by atoms with Crippen molar-refractivity contribution in [1.29, 1.82) is 0 Å². The molecule has 0 fully saturated rings. The molecule has 0 atom stereocenters. The Balaban J connectivity index is 1.61. The van der Waals surface area contributed by atoms with Crippen LogP contribution in [0.25, 0.3) is 0 Å². The van der Waals surface area contributed by atoms with Gasteiger partial charge in [0.2, 0.25) is 6.79 Å². The Labute approximate surface area is 150 Å². The minimum atomic E-state index is -0.768. The van der Waals surface area contributed by atoms with Gasteiger partial charge in [0.05, 0.1) is 16.7 Å². The molecular weight excluding hydrogens is 358 g/mol. The highest BCUT2D eigenvalue weighted by molar-refractivity contribution is 5.84. The lowest BCUT2D eigenvalue weighted by molar-refractivity contribution is -0.384. The molecule has 0 spiro atoms. The van der Waals surface area contributed by atoms with Gasteiger partial charge in [0, 0.05) is 17.8 Å². The molecule has 136 valence electrons. The third kappa shape index (κ3) is 2.78. The van der Waals surface area contributed by atoms with Crippen LogP contribution < -0.4 is 31.0 Å². The summed E-state index contributed by atoms with van der Waals surface area (Å²) in [6.07, 6.45) is 0. The second kappa shape index (κ2) is 6.02. The normalized spacial score (nSPS) is 12.1. The van der Waals surface area contributed by atoms with E-state index in [1.54, 1.807) is 18.2 Å². The monoisotopic (exact) mass is 369 g/mol. The number of anilines is 4. The number of rotatable bonds is 5. The van der Waals surface area contributed by atoms with Crippen LogP contribution >= 0.6 is 0 Å². The molecule has 1 aliphatic rings. The Hall–Kier alpha value is -4.08. The highest BCUT2D eigenvalue weighted by Gasteiger charge is 2.23. The lowest BCUT2D eigenvalue weighted by Gasteiger charge is -2.15. The number of nitro groups is 1. The maximum Gasteiger partial charge on any atom is 0.273 e. The quantitative estimate of drug-likeness (QED) is 0.267. The van der Waals surface area contributed by atoms with Gasteiger partial charge in [-0.15, -0.1) is 0 Å². The zero-order valence-corrected chi connectivity index (χ0v) is 13.5. The molecule has 0 radical (unpaired) electrons. The van der Waals surface area contributed by atoms with Crippen LogP contribution in [0.5, 0.6) is 17.2 Å². The van der Waals surface area contributed by atoms with Crippen molar-refractivity contribution in [3.8, 4) is 17.2 Å². The number of phenols is 1. The number of hydrogen-bond donors (Lipinski definition) is 3. The summed E-state index contributed by atoms with van der Waals surface area (Å²) in [5.74, 6) is 0.646. The second-order valence-electron chi connectivity index (χ2n) is 5.68. The minimum absolute atomic E-state index is 0.0108. The second-order valence-corrected chi connectivity index (χ2v) is 5.68. The number of phenolic OH excluding ortho intramolecular Hbond substituents is 1. The number of hydrogen-bond acceptors (Lipinski definition) is 9. The van der Waals surface area contributed by atoms with Crippen LogP contribution in [0.4, 0.5) is 28.4 Å². The van der Waals surface area contributed by atoms with Gasteiger partial charge in [0.1, 0.15) is 17.1 Å². The molecule has 0 bridgehead atoms. The summed E-state index contributed by atoms with van der Waals surface area (Å²) >= 11 is 0. The van der Waals surface area contributed by atoms with Crippen molar-refractivity contribution < 1.29 is 19.5 Å². The number of nitrogens with zero attached hydrogens (tertiary/aromatic N) is 1. The van der Waals surface area contributed by atoms with Gasteiger partial charge in [0.25, 0.3) is 16.5 Å². The summed E-state index contributed by atoms with van der Waals surface area (Å²) in [7, 11) is 0. The van der Waals surface area contributed by atoms with Crippen molar-refractivity contribution in [3.05, 3.63) is 67.0 Å². The Morgan fingerprint density at radius 1 is 0.963 bits per heavy atom. The van der Waals surface area contributed by atoms with Crippen LogP contribution in [0, 0.1) is 10.1 Å². The van der Waals surface area contributed by atoms with Gasteiger partial charge < -0.3 is 25.2 Å². The number of fused-ring (bicyclic) bond motifs is 1. The van der Waals surface area contributed by atoms with E-state index in [2.05, 4.69) is 10.6 Å². The molecule has 0 aliphatic carbocycles. The Kier molecular flexibility index (Phi) is 3.65. The van der Waals surface area contributed by atoms with Gasteiger partial charge in [0.15, 0.2) is 11.5 Å². The third-order valence-corrected chi connectivity index (χ3v) is 4.00. The van der Waals surface area contributed by atoms with Crippen LogP contribution in [-0.2, 0) is 0 Å². The molecule has 3 aromatic carbocycles. The molecule has 1 aliphatic heterocycles. The SMILES string of the molecule is O=c1c(Nc2ccc3c(c2)OCO3)c(Nc2ccc([N+](=O)[O-])cc2O)c1=O. The summed E-state index contributed by atoms with van der Waals surface area (Å²) in [5, 5.41) is 26.1. The number of ether oxygens (including phenoxy) is 2. The van der Waals surface area contributed by atoms with E-state index in [-0.39, 0.29) is 29.5 Å². The van der Waals surface area contributed by atoms with Crippen molar-refractivity contribution in [3.63, 3.8) is 0 Å². The standard InChI is InChI=1S/C17H11N3O7/c21-11-6-9(20(24)25)2-3-10(11)19-15-14(16(22)17(15)23)18-8-1-4-12-13(5-8)27-7-26-12/h1-6,18-19,21H,7H2. The highest BCUT2D eigenvalue weighted by Crippen LogP contribution is 2.36.